The van der Waals surface area contributed by atoms with Crippen LogP contribution in [-0.4, -0.2) is 66.6 Å². The topological polar surface area (TPSA) is 102 Å². The smallest absolute Gasteiger partial charge is 0.408 e. The maximum atomic E-state index is 14.5. The molecule has 3 aromatic heterocycles. The van der Waals surface area contributed by atoms with Crippen molar-refractivity contribution in [2.45, 2.75) is 50.6 Å². The molecule has 14 heteroatoms. The van der Waals surface area contributed by atoms with Crippen molar-refractivity contribution < 1.29 is 27.4 Å². The average molecular weight is 605 g/mol. The van der Waals surface area contributed by atoms with Crippen molar-refractivity contribution in [2.75, 3.05) is 19.7 Å². The van der Waals surface area contributed by atoms with Crippen LogP contribution in [0.2, 0.25) is 0 Å². The number of aromatic nitrogens is 4. The molecule has 8 nitrogen and oxygen atoms in total. The first-order valence-corrected chi connectivity index (χ1v) is 12.1. The van der Waals surface area contributed by atoms with Crippen LogP contribution in [-0.2, 0) is 0 Å². The third-order valence-electron chi connectivity index (χ3n) is 6.50. The lowest BCUT2D eigenvalue weighted by atomic mass is 10.0. The van der Waals surface area contributed by atoms with Crippen LogP contribution < -0.4 is 10.5 Å². The molecule has 0 amide bonds. The Balaban J connectivity index is 0.00000220. The Bertz CT molecular complexity index is 1510. The summed E-state index contributed by atoms with van der Waals surface area (Å²) in [5, 5.41) is 18.6. The molecule has 1 aromatic carbocycles. The molecule has 218 valence electrons. The van der Waals surface area contributed by atoms with E-state index in [0.29, 0.717) is 28.7 Å². The van der Waals surface area contributed by atoms with Gasteiger partial charge in [-0.05, 0) is 51.0 Å². The van der Waals surface area contributed by atoms with Gasteiger partial charge in [-0.1, -0.05) is 12.1 Å². The number of hydrogen-bond donors (Lipinski definition) is 2. The van der Waals surface area contributed by atoms with Crippen LogP contribution in [0.3, 0.4) is 0 Å². The fraction of sp³-hybridized carbons (Fsp3) is 0.423. The quantitative estimate of drug-likeness (QED) is 0.295. The lowest BCUT2D eigenvalue weighted by molar-refractivity contribution is -0.184. The minimum atomic E-state index is -4.52. The second-order valence-corrected chi connectivity index (χ2v) is 10.8. The highest BCUT2D eigenvalue weighted by atomic mass is 35.5. The number of fused-ring (bicyclic) bond motifs is 2. The van der Waals surface area contributed by atoms with Crippen molar-refractivity contribution in [3.05, 3.63) is 54.0 Å². The van der Waals surface area contributed by atoms with Crippen LogP contribution in [0.15, 0.2) is 42.6 Å². The summed E-state index contributed by atoms with van der Waals surface area (Å²) in [7, 11) is 0. The third kappa shape index (κ3) is 6.58. The first-order chi connectivity index (χ1) is 17.7. The summed E-state index contributed by atoms with van der Waals surface area (Å²) in [5.41, 5.74) is 5.37. The molecule has 0 radical (unpaired) electrons. The van der Waals surface area contributed by atoms with Crippen LogP contribution in [0.25, 0.3) is 28.1 Å². The number of likely N-dealkylation sites (tertiary alicyclic amines) is 1. The molecule has 1 aliphatic heterocycles. The van der Waals surface area contributed by atoms with Gasteiger partial charge in [-0.2, -0.15) is 13.2 Å². The van der Waals surface area contributed by atoms with Crippen LogP contribution in [0.4, 0.5) is 17.6 Å². The molecule has 1 aliphatic rings. The van der Waals surface area contributed by atoms with Crippen LogP contribution in [0.5, 0.6) is 5.75 Å². The summed E-state index contributed by atoms with van der Waals surface area (Å²) in [6.45, 7) is 5.03. The molecule has 0 spiro atoms. The molecule has 0 saturated carbocycles. The van der Waals surface area contributed by atoms with Gasteiger partial charge in [-0.3, -0.25) is 9.30 Å². The lowest BCUT2D eigenvalue weighted by Crippen LogP contribution is -2.43. The highest BCUT2D eigenvalue weighted by Gasteiger charge is 2.48. The van der Waals surface area contributed by atoms with Gasteiger partial charge in [0, 0.05) is 36.3 Å². The number of ether oxygens (including phenoxy) is 1. The predicted octanol–water partition coefficient (Wildman–Crippen LogP) is 5.10. The van der Waals surface area contributed by atoms with E-state index < -0.39 is 29.2 Å². The van der Waals surface area contributed by atoms with Crippen molar-refractivity contribution in [2.24, 2.45) is 5.73 Å². The van der Waals surface area contributed by atoms with Gasteiger partial charge in [0.1, 0.15) is 18.3 Å². The molecular weight excluding hydrogens is 575 g/mol. The molecule has 40 heavy (non-hydrogen) atoms. The molecule has 0 bridgehead atoms. The predicted molar refractivity (Wildman–Crippen MR) is 148 cm³/mol. The molecule has 4 heterocycles. The summed E-state index contributed by atoms with van der Waals surface area (Å²) >= 11 is 0. The molecule has 1 saturated heterocycles. The summed E-state index contributed by atoms with van der Waals surface area (Å²) in [6.07, 6.45) is -2.68. The molecule has 3 N–H and O–H groups in total. The molecule has 4 aromatic rings. The zero-order valence-electron chi connectivity index (χ0n) is 21.9. The van der Waals surface area contributed by atoms with E-state index in [-0.39, 0.29) is 61.6 Å². The SMILES string of the molecule is CC(C)(O)COc1cc2nc(-c3nnc4ccc([C@H](N5CC[C@](C)(N)C5)C(F)(F)F)cn34)ccc2cc1F.Cl.Cl. The summed E-state index contributed by atoms with van der Waals surface area (Å²) in [6, 6.07) is 6.96. The molecule has 5 rings (SSSR count). The van der Waals surface area contributed by atoms with Gasteiger partial charge < -0.3 is 15.6 Å². The highest BCUT2D eigenvalue weighted by molar-refractivity contribution is 5.85. The minimum Gasteiger partial charge on any atom is -0.487 e. The van der Waals surface area contributed by atoms with E-state index in [1.165, 1.54) is 53.6 Å². The van der Waals surface area contributed by atoms with Crippen molar-refractivity contribution in [1.29, 1.82) is 0 Å². The Labute approximate surface area is 240 Å². The van der Waals surface area contributed by atoms with Gasteiger partial charge in [0.05, 0.1) is 11.1 Å². The second kappa shape index (κ2) is 11.2. The van der Waals surface area contributed by atoms with Crippen molar-refractivity contribution in [1.82, 2.24) is 24.5 Å². The second-order valence-electron chi connectivity index (χ2n) is 10.8. The number of rotatable bonds is 6. The normalized spacial score (nSPS) is 18.9. The van der Waals surface area contributed by atoms with Crippen LogP contribution >= 0.6 is 24.8 Å². The van der Waals surface area contributed by atoms with E-state index in [0.717, 1.165) is 0 Å². The van der Waals surface area contributed by atoms with Gasteiger partial charge in [0.25, 0.3) is 0 Å². The van der Waals surface area contributed by atoms with Crippen molar-refractivity contribution in [3.63, 3.8) is 0 Å². The van der Waals surface area contributed by atoms with E-state index in [9.17, 15) is 22.7 Å². The van der Waals surface area contributed by atoms with Gasteiger partial charge in [0.2, 0.25) is 0 Å². The Hall–Kier alpha value is -2.77. The molecule has 0 unspecified atom stereocenters. The number of nitrogens with two attached hydrogens (primary N) is 1. The Morgan fingerprint density at radius 1 is 1.12 bits per heavy atom. The zero-order valence-corrected chi connectivity index (χ0v) is 23.6. The summed E-state index contributed by atoms with van der Waals surface area (Å²) in [5.74, 6) is -0.455. The largest absolute Gasteiger partial charge is 0.487 e. The fourth-order valence-electron chi connectivity index (χ4n) is 4.71. The van der Waals surface area contributed by atoms with Crippen molar-refractivity contribution in [3.8, 4) is 17.3 Å². The van der Waals surface area contributed by atoms with Gasteiger partial charge >= 0.3 is 6.18 Å². The molecule has 2 atom stereocenters. The van der Waals surface area contributed by atoms with Crippen LogP contribution in [0, 0.1) is 5.82 Å². The Morgan fingerprint density at radius 3 is 2.48 bits per heavy atom. The molecule has 0 aliphatic carbocycles. The Morgan fingerprint density at radius 2 is 1.85 bits per heavy atom. The van der Waals surface area contributed by atoms with Gasteiger partial charge in [-0.15, -0.1) is 35.0 Å². The summed E-state index contributed by atoms with van der Waals surface area (Å²) in [4.78, 5) is 5.90. The average Bonchev–Trinajstić information content (AvgIpc) is 3.38. The number of halogens is 6. The van der Waals surface area contributed by atoms with Crippen molar-refractivity contribution >= 4 is 41.4 Å². The monoisotopic (exact) mass is 604 g/mol. The number of benzene rings is 1. The number of nitrogens with zero attached hydrogens (tertiary/aromatic N) is 5. The maximum absolute atomic E-state index is 14.5. The zero-order chi connectivity index (χ0) is 27.5. The first-order valence-electron chi connectivity index (χ1n) is 12.1. The van der Waals surface area contributed by atoms with Crippen LogP contribution in [0.1, 0.15) is 38.8 Å². The third-order valence-corrected chi connectivity index (χ3v) is 6.50. The van der Waals surface area contributed by atoms with Gasteiger partial charge in [0.15, 0.2) is 23.0 Å². The first kappa shape index (κ1) is 31.8. The maximum Gasteiger partial charge on any atom is 0.408 e. The minimum absolute atomic E-state index is 0. The number of pyridine rings is 2. The number of hydrogen-bond acceptors (Lipinski definition) is 7. The molecule has 1 fully saturated rings. The fourth-order valence-corrected chi connectivity index (χ4v) is 4.71. The summed E-state index contributed by atoms with van der Waals surface area (Å²) < 4.78 is 64.1. The van der Waals surface area contributed by atoms with E-state index in [1.54, 1.807) is 19.1 Å². The number of alkyl halides is 3. The van der Waals surface area contributed by atoms with E-state index in [4.69, 9.17) is 10.5 Å². The Kier molecular flexibility index (Phi) is 8.93. The van der Waals surface area contributed by atoms with E-state index in [1.807, 2.05) is 0 Å². The van der Waals surface area contributed by atoms with E-state index in [2.05, 4.69) is 15.2 Å². The van der Waals surface area contributed by atoms with E-state index >= 15 is 0 Å². The number of aliphatic hydroxyl groups is 1. The standard InChI is InChI=1S/C26H28F4N6O2.2ClH/c1-24(2,37)14-38-20-11-19-15(10-17(20)27)4-6-18(32-19)23-34-33-21-7-5-16(12-36(21)23)22(26(28,29)30)35-9-8-25(3,31)13-35;;/h4-7,10-12,22,37H,8-9,13-14,31H2,1-3H3;2*1H/t22-,25-;;/m0../s1. The van der Waals surface area contributed by atoms with Gasteiger partial charge in [-0.25, -0.2) is 9.37 Å². The lowest BCUT2D eigenvalue weighted by Gasteiger charge is -2.31. The molecular formula is C26H30Cl2F4N6O2. The highest BCUT2D eigenvalue weighted by Crippen LogP contribution is 2.41.